The Labute approximate surface area is 248 Å². The lowest BCUT2D eigenvalue weighted by Crippen LogP contribution is -2.49. The van der Waals surface area contributed by atoms with Gasteiger partial charge in [0.15, 0.2) is 0 Å². The molecule has 0 unspecified atom stereocenters. The van der Waals surface area contributed by atoms with Crippen molar-refractivity contribution in [1.82, 2.24) is 15.2 Å². The molecule has 3 aromatic rings. The number of rotatable bonds is 10. The van der Waals surface area contributed by atoms with Gasteiger partial charge in [-0.15, -0.1) is 0 Å². The monoisotopic (exact) mass is 600 g/mol. The molecule has 10 nitrogen and oxygen atoms in total. The predicted octanol–water partition coefficient (Wildman–Crippen LogP) is 3.41. The molecule has 11 heteroatoms. The molecule has 0 bridgehead atoms. The Balaban J connectivity index is 0.00000155. The van der Waals surface area contributed by atoms with Crippen LogP contribution in [0, 0.1) is 5.41 Å². The molecule has 0 saturated heterocycles. The zero-order valence-electron chi connectivity index (χ0n) is 25.1. The molecule has 0 fully saturated rings. The van der Waals surface area contributed by atoms with Crippen LogP contribution in [0.2, 0.25) is 0 Å². The van der Waals surface area contributed by atoms with Crippen molar-refractivity contribution in [1.29, 1.82) is 0 Å². The fourth-order valence-electron chi connectivity index (χ4n) is 5.10. The average molecular weight is 601 g/mol. The van der Waals surface area contributed by atoms with Gasteiger partial charge in [0, 0.05) is 37.3 Å². The zero-order chi connectivity index (χ0) is 31.1. The highest BCUT2D eigenvalue weighted by Crippen LogP contribution is 2.37. The van der Waals surface area contributed by atoms with E-state index in [9.17, 15) is 18.3 Å². The number of carboxylic acid groups (broad SMARTS) is 1. The minimum atomic E-state index is -3.50. The fraction of sp³-hybridized carbons (Fsp3) is 0.484. The second kappa shape index (κ2) is 14.2. The largest absolute Gasteiger partial charge is 0.483 e. The number of anilines is 1. The molecule has 1 aliphatic heterocycles. The first-order chi connectivity index (χ1) is 19.8. The molecule has 2 atom stereocenters. The summed E-state index contributed by atoms with van der Waals surface area (Å²) in [6.45, 7) is 10.1. The molecule has 4 rings (SSSR count). The summed E-state index contributed by atoms with van der Waals surface area (Å²) in [5.41, 5.74) is 3.88. The fourth-order valence-corrected chi connectivity index (χ4v) is 6.30. The standard InChI is InChI=1S/C30H42N4O4S.CH2O2/c1-6-34-20-22-12-15-39(37,38)33(5)25-17-23(18-26(34)28(22)25)29(36)32-24(16-21-10-8-7-9-11-21)27(35)19-31-14-13-30(2,3)4;2-1-3/h7-11,17-18,20,24,27,31,35H,6,12-16,19H2,1-5H3,(H,32,36);1H,(H,2,3)/t24-,27+;/m0./s1. The third-order valence-electron chi connectivity index (χ3n) is 7.51. The van der Waals surface area contributed by atoms with Crippen LogP contribution in [0.4, 0.5) is 5.69 Å². The summed E-state index contributed by atoms with van der Waals surface area (Å²) in [7, 11) is -1.95. The van der Waals surface area contributed by atoms with E-state index in [0.717, 1.165) is 35.0 Å². The van der Waals surface area contributed by atoms with E-state index in [2.05, 4.69) is 36.0 Å². The Morgan fingerprint density at radius 3 is 2.45 bits per heavy atom. The smallest absolute Gasteiger partial charge is 0.290 e. The van der Waals surface area contributed by atoms with E-state index in [1.807, 2.05) is 49.5 Å². The van der Waals surface area contributed by atoms with Gasteiger partial charge in [-0.2, -0.15) is 0 Å². The first-order valence-corrected chi connectivity index (χ1v) is 15.9. The number of amides is 1. The minimum absolute atomic E-state index is 0.0239. The Morgan fingerprint density at radius 2 is 1.83 bits per heavy atom. The normalized spacial score (nSPS) is 15.7. The summed E-state index contributed by atoms with van der Waals surface area (Å²) in [6, 6.07) is 12.7. The van der Waals surface area contributed by atoms with Crippen LogP contribution in [0.5, 0.6) is 0 Å². The molecule has 0 spiro atoms. The SMILES string of the molecule is CCn1cc2c3c(cc(C(=O)N[C@@H](Cc4ccccc4)[C@H](O)CNCCC(C)(C)C)cc31)N(C)S(=O)(=O)CC2.O=CO. The van der Waals surface area contributed by atoms with Crippen molar-refractivity contribution in [3.63, 3.8) is 0 Å². The van der Waals surface area contributed by atoms with E-state index in [0.29, 0.717) is 37.2 Å². The van der Waals surface area contributed by atoms with Crippen LogP contribution in [0.15, 0.2) is 48.7 Å². The predicted molar refractivity (Wildman–Crippen MR) is 167 cm³/mol. The van der Waals surface area contributed by atoms with Crippen molar-refractivity contribution in [2.45, 2.75) is 65.6 Å². The van der Waals surface area contributed by atoms with Gasteiger partial charge in [-0.3, -0.25) is 13.9 Å². The first-order valence-electron chi connectivity index (χ1n) is 14.2. The number of sulfonamides is 1. The van der Waals surface area contributed by atoms with E-state index < -0.39 is 22.2 Å². The van der Waals surface area contributed by atoms with Crippen molar-refractivity contribution in [3.05, 3.63) is 65.4 Å². The van der Waals surface area contributed by atoms with E-state index in [-0.39, 0.29) is 23.5 Å². The molecule has 230 valence electrons. The van der Waals surface area contributed by atoms with Gasteiger partial charge < -0.3 is 25.4 Å². The molecule has 2 heterocycles. The van der Waals surface area contributed by atoms with Crippen molar-refractivity contribution in [2.75, 3.05) is 30.2 Å². The maximum Gasteiger partial charge on any atom is 0.290 e. The number of aromatic nitrogens is 1. The molecule has 42 heavy (non-hydrogen) atoms. The highest BCUT2D eigenvalue weighted by atomic mass is 32.2. The zero-order valence-corrected chi connectivity index (χ0v) is 25.9. The number of benzene rings is 2. The summed E-state index contributed by atoms with van der Waals surface area (Å²) in [4.78, 5) is 22.0. The number of nitrogens with zero attached hydrogens (tertiary/aromatic N) is 2. The minimum Gasteiger partial charge on any atom is -0.483 e. The number of aliphatic hydroxyl groups excluding tert-OH is 1. The highest BCUT2D eigenvalue weighted by molar-refractivity contribution is 7.92. The molecule has 4 N–H and O–H groups in total. The number of aliphatic hydroxyl groups is 1. The van der Waals surface area contributed by atoms with Crippen LogP contribution in [0.25, 0.3) is 10.9 Å². The maximum absolute atomic E-state index is 13.7. The summed E-state index contributed by atoms with van der Waals surface area (Å²) in [5.74, 6) is -0.320. The molecule has 1 aromatic heterocycles. The van der Waals surface area contributed by atoms with Gasteiger partial charge in [-0.25, -0.2) is 8.42 Å². The van der Waals surface area contributed by atoms with E-state index in [4.69, 9.17) is 9.90 Å². The number of hydrogen-bond acceptors (Lipinski definition) is 6. The summed E-state index contributed by atoms with van der Waals surface area (Å²) < 4.78 is 29.1. The number of aryl methyl sites for hydroxylation is 2. The van der Waals surface area contributed by atoms with Gasteiger partial charge in [-0.05, 0) is 61.4 Å². The second-order valence-electron chi connectivity index (χ2n) is 11.8. The third-order valence-corrected chi connectivity index (χ3v) is 9.26. The molecular weight excluding hydrogens is 556 g/mol. The maximum atomic E-state index is 13.7. The summed E-state index contributed by atoms with van der Waals surface area (Å²) in [5, 5.41) is 25.3. The number of carbonyl (C=O) groups is 2. The highest BCUT2D eigenvalue weighted by Gasteiger charge is 2.29. The van der Waals surface area contributed by atoms with Crippen molar-refractivity contribution in [3.8, 4) is 0 Å². The molecule has 1 amide bonds. The molecular formula is C31H44N4O6S. The number of nitrogens with one attached hydrogen (secondary N) is 2. The lowest BCUT2D eigenvalue weighted by atomic mass is 9.92. The van der Waals surface area contributed by atoms with Gasteiger partial charge in [0.25, 0.3) is 12.4 Å². The topological polar surface area (TPSA) is 141 Å². The Kier molecular flexibility index (Phi) is 11.2. The molecule has 1 aliphatic rings. The van der Waals surface area contributed by atoms with Gasteiger partial charge in [0.05, 0.1) is 29.1 Å². The summed E-state index contributed by atoms with van der Waals surface area (Å²) >= 11 is 0. The number of hydrogen-bond donors (Lipinski definition) is 4. The van der Waals surface area contributed by atoms with Crippen molar-refractivity contribution < 1.29 is 28.2 Å². The van der Waals surface area contributed by atoms with Gasteiger partial charge in [0.1, 0.15) is 0 Å². The molecule has 0 aliphatic carbocycles. The summed E-state index contributed by atoms with van der Waals surface area (Å²) in [6.07, 6.45) is 3.05. The quantitative estimate of drug-likeness (QED) is 0.206. The molecule has 0 saturated carbocycles. The lowest BCUT2D eigenvalue weighted by Gasteiger charge is -2.26. The van der Waals surface area contributed by atoms with Gasteiger partial charge in [-0.1, -0.05) is 51.1 Å². The van der Waals surface area contributed by atoms with E-state index in [1.54, 1.807) is 13.1 Å². The van der Waals surface area contributed by atoms with Crippen LogP contribution in [-0.2, 0) is 34.2 Å². The van der Waals surface area contributed by atoms with Crippen LogP contribution in [0.3, 0.4) is 0 Å². The van der Waals surface area contributed by atoms with Gasteiger partial charge >= 0.3 is 0 Å². The van der Waals surface area contributed by atoms with Gasteiger partial charge in [0.2, 0.25) is 10.0 Å². The average Bonchev–Trinajstić information content (AvgIpc) is 3.27. The van der Waals surface area contributed by atoms with Crippen LogP contribution < -0.4 is 14.9 Å². The molecule has 2 aromatic carbocycles. The Bertz CT molecular complexity index is 1460. The number of carbonyl (C=O) groups excluding carboxylic acids is 1. The van der Waals surface area contributed by atoms with Crippen LogP contribution in [-0.4, -0.2) is 73.6 Å². The van der Waals surface area contributed by atoms with Crippen LogP contribution >= 0.6 is 0 Å². The van der Waals surface area contributed by atoms with E-state index in [1.165, 1.54) is 4.31 Å². The van der Waals surface area contributed by atoms with Crippen LogP contribution in [0.1, 0.15) is 55.6 Å². The van der Waals surface area contributed by atoms with E-state index >= 15 is 0 Å². The third kappa shape index (κ3) is 8.33. The lowest BCUT2D eigenvalue weighted by molar-refractivity contribution is -0.122. The first kappa shape index (κ1) is 33.1. The molecule has 0 radical (unpaired) electrons. The van der Waals surface area contributed by atoms with Crippen molar-refractivity contribution in [2.24, 2.45) is 5.41 Å². The van der Waals surface area contributed by atoms with Crippen molar-refractivity contribution >= 4 is 39.0 Å². The second-order valence-corrected chi connectivity index (χ2v) is 13.9. The Hall–Kier alpha value is -3.41. The Morgan fingerprint density at radius 1 is 1.17 bits per heavy atom.